The summed E-state index contributed by atoms with van der Waals surface area (Å²) in [7, 11) is 0. The number of carbonyl (C=O) groups is 3. The highest BCUT2D eigenvalue weighted by Gasteiger charge is 2.37. The first kappa shape index (κ1) is 20.7. The summed E-state index contributed by atoms with van der Waals surface area (Å²) in [6.45, 7) is 6.70. The molecule has 0 bridgehead atoms. The fourth-order valence-corrected chi connectivity index (χ4v) is 2.80. The van der Waals surface area contributed by atoms with Crippen molar-refractivity contribution in [3.05, 3.63) is 30.1 Å². The number of aromatic nitrogens is 1. The number of nitrogens with zero attached hydrogens (tertiary/aromatic N) is 2. The Labute approximate surface area is 159 Å². The minimum Gasteiger partial charge on any atom is -0.450 e. The maximum Gasteiger partial charge on any atom is 0.409 e. The molecule has 27 heavy (non-hydrogen) atoms. The summed E-state index contributed by atoms with van der Waals surface area (Å²) < 4.78 is 4.99. The SMILES string of the molecule is CCOC(=O)N1CCC(NC(=O)C(C)(C)C(=O)NCc2cccnc2)CC1. The van der Waals surface area contributed by atoms with Crippen LogP contribution in [-0.4, -0.2) is 53.5 Å². The number of rotatable bonds is 6. The minimum atomic E-state index is -1.19. The van der Waals surface area contributed by atoms with Gasteiger partial charge in [0, 0.05) is 38.1 Å². The molecule has 1 aromatic heterocycles. The van der Waals surface area contributed by atoms with Crippen molar-refractivity contribution < 1.29 is 19.1 Å². The van der Waals surface area contributed by atoms with Gasteiger partial charge in [0.05, 0.1) is 6.61 Å². The Morgan fingerprint density at radius 1 is 1.26 bits per heavy atom. The van der Waals surface area contributed by atoms with Crippen molar-refractivity contribution in [1.82, 2.24) is 20.5 Å². The van der Waals surface area contributed by atoms with Gasteiger partial charge in [-0.3, -0.25) is 14.6 Å². The largest absolute Gasteiger partial charge is 0.450 e. The number of pyridine rings is 1. The minimum absolute atomic E-state index is 0.0615. The third-order valence-electron chi connectivity index (χ3n) is 4.67. The van der Waals surface area contributed by atoms with Crippen molar-refractivity contribution in [3.8, 4) is 0 Å². The Balaban J connectivity index is 1.81. The van der Waals surface area contributed by atoms with Gasteiger partial charge in [0.25, 0.3) is 0 Å². The van der Waals surface area contributed by atoms with E-state index in [1.807, 2.05) is 6.07 Å². The predicted molar refractivity (Wildman–Crippen MR) is 99.6 cm³/mol. The highest BCUT2D eigenvalue weighted by molar-refractivity contribution is 6.04. The average molecular weight is 376 g/mol. The number of hydrogen-bond donors (Lipinski definition) is 2. The molecule has 1 saturated heterocycles. The molecule has 148 valence electrons. The summed E-state index contributed by atoms with van der Waals surface area (Å²) in [5, 5.41) is 5.72. The Hall–Kier alpha value is -2.64. The molecule has 2 N–H and O–H groups in total. The summed E-state index contributed by atoms with van der Waals surface area (Å²) in [5.74, 6) is -0.659. The van der Waals surface area contributed by atoms with Crippen LogP contribution in [0.4, 0.5) is 4.79 Å². The number of amides is 3. The van der Waals surface area contributed by atoms with Gasteiger partial charge in [0.15, 0.2) is 0 Å². The van der Waals surface area contributed by atoms with Crippen LogP contribution >= 0.6 is 0 Å². The van der Waals surface area contributed by atoms with E-state index in [1.165, 1.54) is 0 Å². The number of carbonyl (C=O) groups excluding carboxylic acids is 3. The van der Waals surface area contributed by atoms with E-state index in [1.54, 1.807) is 44.1 Å². The maximum absolute atomic E-state index is 12.6. The van der Waals surface area contributed by atoms with Gasteiger partial charge in [-0.1, -0.05) is 6.07 Å². The molecule has 3 amide bonds. The summed E-state index contributed by atoms with van der Waals surface area (Å²) in [4.78, 5) is 42.4. The van der Waals surface area contributed by atoms with Crippen LogP contribution in [0.15, 0.2) is 24.5 Å². The molecular weight excluding hydrogens is 348 g/mol. The fraction of sp³-hybridized carbons (Fsp3) is 0.579. The first-order valence-corrected chi connectivity index (χ1v) is 9.24. The second-order valence-electron chi connectivity index (χ2n) is 7.10. The molecule has 1 aliphatic rings. The summed E-state index contributed by atoms with van der Waals surface area (Å²) in [6.07, 6.45) is 4.29. The van der Waals surface area contributed by atoms with Crippen molar-refractivity contribution in [2.75, 3.05) is 19.7 Å². The zero-order chi connectivity index (χ0) is 19.9. The van der Waals surface area contributed by atoms with Crippen LogP contribution in [0.2, 0.25) is 0 Å². The number of piperidine rings is 1. The highest BCUT2D eigenvalue weighted by atomic mass is 16.6. The van der Waals surface area contributed by atoms with Crippen LogP contribution in [-0.2, 0) is 20.9 Å². The van der Waals surface area contributed by atoms with Gasteiger partial charge in [0.2, 0.25) is 11.8 Å². The van der Waals surface area contributed by atoms with Gasteiger partial charge in [-0.25, -0.2) is 4.79 Å². The number of ether oxygens (including phenoxy) is 1. The second-order valence-corrected chi connectivity index (χ2v) is 7.10. The van der Waals surface area contributed by atoms with E-state index in [-0.39, 0.29) is 23.9 Å². The quantitative estimate of drug-likeness (QED) is 0.732. The predicted octanol–water partition coefficient (Wildman–Crippen LogP) is 1.46. The molecule has 1 aliphatic heterocycles. The smallest absolute Gasteiger partial charge is 0.409 e. The lowest BCUT2D eigenvalue weighted by molar-refractivity contribution is -0.142. The Bertz CT molecular complexity index is 655. The van der Waals surface area contributed by atoms with Gasteiger partial charge >= 0.3 is 6.09 Å². The normalized spacial score (nSPS) is 15.1. The molecule has 1 aromatic rings. The third kappa shape index (κ3) is 5.67. The first-order chi connectivity index (χ1) is 12.8. The molecule has 0 atom stereocenters. The number of nitrogens with one attached hydrogen (secondary N) is 2. The lowest BCUT2D eigenvalue weighted by Crippen LogP contribution is -2.53. The van der Waals surface area contributed by atoms with E-state index >= 15 is 0 Å². The highest BCUT2D eigenvalue weighted by Crippen LogP contribution is 2.19. The lowest BCUT2D eigenvalue weighted by atomic mass is 9.90. The lowest BCUT2D eigenvalue weighted by Gasteiger charge is -2.33. The van der Waals surface area contributed by atoms with Gasteiger partial charge < -0.3 is 20.3 Å². The zero-order valence-electron chi connectivity index (χ0n) is 16.2. The van der Waals surface area contributed by atoms with Gasteiger partial charge in [-0.05, 0) is 45.2 Å². The van der Waals surface area contributed by atoms with Crippen LogP contribution < -0.4 is 10.6 Å². The monoisotopic (exact) mass is 376 g/mol. The molecule has 0 radical (unpaired) electrons. The number of likely N-dealkylation sites (tertiary alicyclic amines) is 1. The van der Waals surface area contributed by atoms with Crippen molar-refractivity contribution in [1.29, 1.82) is 0 Å². The Morgan fingerprint density at radius 3 is 2.56 bits per heavy atom. The molecular formula is C19H28N4O4. The second kappa shape index (κ2) is 9.34. The van der Waals surface area contributed by atoms with E-state index in [0.717, 1.165) is 5.56 Å². The summed E-state index contributed by atoms with van der Waals surface area (Å²) in [6, 6.07) is 3.59. The first-order valence-electron chi connectivity index (χ1n) is 9.24. The molecule has 2 rings (SSSR count). The van der Waals surface area contributed by atoms with Gasteiger partial charge in [0.1, 0.15) is 5.41 Å². The molecule has 1 fully saturated rings. The Morgan fingerprint density at radius 2 is 1.96 bits per heavy atom. The van der Waals surface area contributed by atoms with Gasteiger partial charge in [-0.15, -0.1) is 0 Å². The number of hydrogen-bond acceptors (Lipinski definition) is 5. The molecule has 0 aromatic carbocycles. The molecule has 0 spiro atoms. The van der Waals surface area contributed by atoms with Crippen LogP contribution in [0.3, 0.4) is 0 Å². The molecule has 2 heterocycles. The molecule has 0 unspecified atom stereocenters. The summed E-state index contributed by atoms with van der Waals surface area (Å²) in [5.41, 5.74) is -0.325. The average Bonchev–Trinajstić information content (AvgIpc) is 2.67. The van der Waals surface area contributed by atoms with Gasteiger partial charge in [-0.2, -0.15) is 0 Å². The Kier molecular flexibility index (Phi) is 7.15. The maximum atomic E-state index is 12.6. The van der Waals surface area contributed by atoms with Crippen molar-refractivity contribution in [3.63, 3.8) is 0 Å². The van der Waals surface area contributed by atoms with Crippen LogP contribution in [0.1, 0.15) is 39.2 Å². The fourth-order valence-electron chi connectivity index (χ4n) is 2.80. The van der Waals surface area contributed by atoms with E-state index < -0.39 is 5.41 Å². The van der Waals surface area contributed by atoms with Crippen LogP contribution in [0.5, 0.6) is 0 Å². The molecule has 8 heteroatoms. The zero-order valence-corrected chi connectivity index (χ0v) is 16.2. The van der Waals surface area contributed by atoms with Crippen molar-refractivity contribution in [2.24, 2.45) is 5.41 Å². The molecule has 0 saturated carbocycles. The van der Waals surface area contributed by atoms with E-state index in [2.05, 4.69) is 15.6 Å². The topological polar surface area (TPSA) is 101 Å². The van der Waals surface area contributed by atoms with Crippen molar-refractivity contribution >= 4 is 17.9 Å². The molecule has 0 aliphatic carbocycles. The molecule has 8 nitrogen and oxygen atoms in total. The summed E-state index contributed by atoms with van der Waals surface area (Å²) >= 11 is 0. The van der Waals surface area contributed by atoms with E-state index in [4.69, 9.17) is 4.74 Å². The third-order valence-corrected chi connectivity index (χ3v) is 4.67. The van der Waals surface area contributed by atoms with E-state index in [9.17, 15) is 14.4 Å². The standard InChI is InChI=1S/C19H28N4O4/c1-4-27-18(26)23-10-7-15(8-11-23)22-17(25)19(2,3)16(24)21-13-14-6-5-9-20-12-14/h5-6,9,12,15H,4,7-8,10-11,13H2,1-3H3,(H,21,24)(H,22,25). The van der Waals surface area contributed by atoms with Crippen molar-refractivity contribution in [2.45, 2.75) is 46.2 Å². The van der Waals surface area contributed by atoms with E-state index in [0.29, 0.717) is 39.1 Å². The van der Waals surface area contributed by atoms with Crippen LogP contribution in [0.25, 0.3) is 0 Å². The van der Waals surface area contributed by atoms with Crippen LogP contribution in [0, 0.1) is 5.41 Å².